The zero-order chi connectivity index (χ0) is 30.7. The van der Waals surface area contributed by atoms with E-state index in [0.717, 1.165) is 0 Å². The maximum Gasteiger partial charge on any atom is 0.412 e. The molecule has 0 spiro atoms. The minimum Gasteiger partial charge on any atom is -0.494 e. The molecule has 220 valence electrons. The number of benzene rings is 2. The predicted octanol–water partition coefficient (Wildman–Crippen LogP) is 6.68. The fourth-order valence-electron chi connectivity index (χ4n) is 2.89. The van der Waals surface area contributed by atoms with Crippen molar-refractivity contribution in [3.63, 3.8) is 0 Å². The topological polar surface area (TPSA) is 181 Å². The summed E-state index contributed by atoms with van der Waals surface area (Å²) >= 11 is 0. The molecule has 14 nitrogen and oxygen atoms in total. The zero-order valence-corrected chi connectivity index (χ0v) is 23.9. The highest BCUT2D eigenvalue weighted by molar-refractivity contribution is 5.89. The van der Waals surface area contributed by atoms with E-state index < -0.39 is 33.2 Å². The molecule has 0 bridgehead atoms. The van der Waals surface area contributed by atoms with Crippen LogP contribution in [0.1, 0.15) is 55.4 Å². The molecule has 0 radical (unpaired) electrons. The molecule has 0 aromatic heterocycles. The summed E-state index contributed by atoms with van der Waals surface area (Å²) in [6.07, 6.45) is -1.51. The number of amides is 2. The van der Waals surface area contributed by atoms with Gasteiger partial charge in [0, 0.05) is 24.3 Å². The largest absolute Gasteiger partial charge is 0.494 e. The molecule has 14 heteroatoms. The third-order valence-corrected chi connectivity index (χ3v) is 4.22. The first kappa shape index (κ1) is 33.4. The normalized spacial score (nSPS) is 10.8. The summed E-state index contributed by atoms with van der Waals surface area (Å²) < 4.78 is 20.6. The van der Waals surface area contributed by atoms with Crippen molar-refractivity contribution >= 4 is 34.9 Å². The average molecular weight is 565 g/mol. The first-order valence-electron chi connectivity index (χ1n) is 12.3. The highest BCUT2D eigenvalue weighted by atomic mass is 16.6. The first-order chi connectivity index (χ1) is 18.5. The van der Waals surface area contributed by atoms with Crippen LogP contribution in [0.3, 0.4) is 0 Å². The predicted molar refractivity (Wildman–Crippen MR) is 148 cm³/mol. The molecule has 0 saturated carbocycles. The number of anilines is 2. The lowest BCUT2D eigenvalue weighted by atomic mass is 10.2. The van der Waals surface area contributed by atoms with Gasteiger partial charge < -0.3 is 18.9 Å². The minimum atomic E-state index is -0.755. The van der Waals surface area contributed by atoms with Gasteiger partial charge in [0.05, 0.1) is 23.1 Å². The van der Waals surface area contributed by atoms with Crippen molar-refractivity contribution in [1.82, 2.24) is 0 Å². The SMILES string of the molecule is CCOc1ccc([N+](=O)[O-])c(NC(=O)OC(C)(C)C)c1.CCOc1ccc([N+](=O)[O-])c(NC(=O)OC(C)(C)C)c1. The molecule has 40 heavy (non-hydrogen) atoms. The summed E-state index contributed by atoms with van der Waals surface area (Å²) in [5.74, 6) is 0.869. The summed E-state index contributed by atoms with van der Waals surface area (Å²) in [7, 11) is 0. The zero-order valence-electron chi connectivity index (χ0n) is 23.9. The molecule has 2 amide bonds. The van der Waals surface area contributed by atoms with Gasteiger partial charge in [-0.25, -0.2) is 9.59 Å². The lowest BCUT2D eigenvalue weighted by Crippen LogP contribution is -2.27. The second-order valence-electron chi connectivity index (χ2n) is 9.99. The molecule has 0 aliphatic rings. The van der Waals surface area contributed by atoms with Crippen molar-refractivity contribution in [3.8, 4) is 11.5 Å². The van der Waals surface area contributed by atoms with Crippen LogP contribution in [0.4, 0.5) is 32.3 Å². The number of nitro benzene ring substituents is 2. The van der Waals surface area contributed by atoms with Crippen LogP contribution in [0.5, 0.6) is 11.5 Å². The van der Waals surface area contributed by atoms with E-state index in [4.69, 9.17) is 18.9 Å². The molecule has 0 heterocycles. The number of rotatable bonds is 8. The van der Waals surface area contributed by atoms with Crippen molar-refractivity contribution < 1.29 is 38.4 Å². The summed E-state index contributed by atoms with van der Waals surface area (Å²) in [5.41, 5.74) is -1.74. The van der Waals surface area contributed by atoms with Gasteiger partial charge in [-0.1, -0.05) is 0 Å². The van der Waals surface area contributed by atoms with Crippen LogP contribution in [-0.4, -0.2) is 46.4 Å². The monoisotopic (exact) mass is 564 g/mol. The second kappa shape index (κ2) is 14.5. The Morgan fingerprint density at radius 2 is 1.02 bits per heavy atom. The van der Waals surface area contributed by atoms with Crippen molar-refractivity contribution in [2.45, 2.75) is 66.6 Å². The molecule has 0 fully saturated rings. The molecule has 2 aromatic rings. The third-order valence-electron chi connectivity index (χ3n) is 4.22. The smallest absolute Gasteiger partial charge is 0.412 e. The molecule has 0 aliphatic carbocycles. The van der Waals surface area contributed by atoms with Gasteiger partial charge in [-0.3, -0.25) is 30.9 Å². The van der Waals surface area contributed by atoms with Crippen molar-refractivity contribution in [3.05, 3.63) is 56.6 Å². The lowest BCUT2D eigenvalue weighted by molar-refractivity contribution is -0.384. The van der Waals surface area contributed by atoms with Gasteiger partial charge in [0.25, 0.3) is 11.4 Å². The van der Waals surface area contributed by atoms with E-state index in [2.05, 4.69) is 10.6 Å². The number of carbonyl (C=O) groups excluding carboxylic acids is 2. The summed E-state index contributed by atoms with van der Waals surface area (Å²) in [5, 5.41) is 26.6. The Morgan fingerprint density at radius 3 is 1.27 bits per heavy atom. The fraction of sp³-hybridized carbons (Fsp3) is 0.462. The van der Waals surface area contributed by atoms with Crippen LogP contribution in [0.2, 0.25) is 0 Å². The van der Waals surface area contributed by atoms with Gasteiger partial charge in [-0.15, -0.1) is 0 Å². The van der Waals surface area contributed by atoms with Gasteiger partial charge in [0.2, 0.25) is 0 Å². The fourth-order valence-corrected chi connectivity index (χ4v) is 2.89. The Kier molecular flexibility index (Phi) is 12.1. The second-order valence-corrected chi connectivity index (χ2v) is 9.99. The molecule has 0 atom stereocenters. The minimum absolute atomic E-state index is 0.0372. The van der Waals surface area contributed by atoms with Gasteiger partial charge in [0.15, 0.2) is 0 Å². The van der Waals surface area contributed by atoms with Crippen LogP contribution in [0.15, 0.2) is 36.4 Å². The van der Waals surface area contributed by atoms with Crippen LogP contribution >= 0.6 is 0 Å². The van der Waals surface area contributed by atoms with Crippen molar-refractivity contribution in [1.29, 1.82) is 0 Å². The van der Waals surface area contributed by atoms with E-state index in [1.807, 2.05) is 0 Å². The molecule has 2 aromatic carbocycles. The number of hydrogen-bond donors (Lipinski definition) is 2. The van der Waals surface area contributed by atoms with E-state index in [1.54, 1.807) is 55.4 Å². The van der Waals surface area contributed by atoms with E-state index in [-0.39, 0.29) is 22.7 Å². The number of ether oxygens (including phenoxy) is 4. The first-order valence-corrected chi connectivity index (χ1v) is 12.3. The number of carbonyl (C=O) groups is 2. The van der Waals surface area contributed by atoms with Gasteiger partial charge in [-0.2, -0.15) is 0 Å². The molecule has 2 N–H and O–H groups in total. The van der Waals surface area contributed by atoms with E-state index in [9.17, 15) is 29.8 Å². The summed E-state index contributed by atoms with van der Waals surface area (Å²) in [6, 6.07) is 8.29. The lowest BCUT2D eigenvalue weighted by Gasteiger charge is -2.19. The molecule has 0 unspecified atom stereocenters. The van der Waals surface area contributed by atoms with Gasteiger partial charge in [0.1, 0.15) is 34.1 Å². The molecule has 2 rings (SSSR count). The third kappa shape index (κ3) is 12.3. The van der Waals surface area contributed by atoms with E-state index in [1.165, 1.54) is 36.4 Å². The van der Waals surface area contributed by atoms with E-state index >= 15 is 0 Å². The number of hydrogen-bond acceptors (Lipinski definition) is 10. The Labute approximate surface area is 232 Å². The van der Waals surface area contributed by atoms with Crippen LogP contribution in [-0.2, 0) is 9.47 Å². The molecular weight excluding hydrogens is 528 g/mol. The number of nitro groups is 2. The number of nitrogens with one attached hydrogen (secondary N) is 2. The van der Waals surface area contributed by atoms with Crippen LogP contribution in [0.25, 0.3) is 0 Å². The summed E-state index contributed by atoms with van der Waals surface area (Å²) in [6.45, 7) is 14.7. The maximum atomic E-state index is 11.7. The number of nitrogens with zero attached hydrogens (tertiary/aromatic N) is 2. The molecular formula is C26H36N4O10. The van der Waals surface area contributed by atoms with Gasteiger partial charge >= 0.3 is 12.2 Å². The van der Waals surface area contributed by atoms with Crippen molar-refractivity contribution in [2.75, 3.05) is 23.8 Å². The standard InChI is InChI=1S/2C13H18N2O5/c2*1-5-19-9-6-7-11(15(17)18)10(8-9)14-12(16)20-13(2,3)4/h2*6-8H,5H2,1-4H3,(H,14,16). The average Bonchev–Trinajstić information content (AvgIpc) is 2.77. The highest BCUT2D eigenvalue weighted by Gasteiger charge is 2.22. The molecule has 0 aliphatic heterocycles. The Bertz CT molecular complexity index is 1110. The Morgan fingerprint density at radius 1 is 0.700 bits per heavy atom. The Balaban J connectivity index is 0.000000400. The molecule has 0 saturated heterocycles. The Hall–Kier alpha value is -4.62. The maximum absolute atomic E-state index is 11.7. The van der Waals surface area contributed by atoms with Crippen LogP contribution < -0.4 is 20.1 Å². The van der Waals surface area contributed by atoms with Crippen molar-refractivity contribution in [2.24, 2.45) is 0 Å². The highest BCUT2D eigenvalue weighted by Crippen LogP contribution is 2.30. The van der Waals surface area contributed by atoms with Gasteiger partial charge in [-0.05, 0) is 67.5 Å². The summed E-state index contributed by atoms with van der Waals surface area (Å²) in [4.78, 5) is 44.0. The van der Waals surface area contributed by atoms with Crippen LogP contribution in [0, 0.1) is 20.2 Å². The van der Waals surface area contributed by atoms with E-state index in [0.29, 0.717) is 24.7 Å². The quantitative estimate of drug-likeness (QED) is 0.259.